The van der Waals surface area contributed by atoms with Gasteiger partial charge in [-0.1, -0.05) is 11.6 Å². The number of hydrogen-bond acceptors (Lipinski definition) is 7. The lowest BCUT2D eigenvalue weighted by Gasteiger charge is -2.26. The van der Waals surface area contributed by atoms with E-state index in [-0.39, 0.29) is 5.56 Å². The van der Waals surface area contributed by atoms with E-state index in [2.05, 4.69) is 4.98 Å². The third-order valence-electron chi connectivity index (χ3n) is 3.13. The molecule has 1 heterocycles. The number of hydrogen-bond donors (Lipinski definition) is 0. The van der Waals surface area contributed by atoms with Crippen LogP contribution in [0.15, 0.2) is 6.07 Å². The molecule has 7 nitrogen and oxygen atoms in total. The Hall–Kier alpha value is -2.22. The topological polar surface area (TPSA) is 91.8 Å². The summed E-state index contributed by atoms with van der Waals surface area (Å²) in [6.07, 6.45) is 0. The zero-order chi connectivity index (χ0) is 23.7. The van der Waals surface area contributed by atoms with Gasteiger partial charge in [0.05, 0.1) is 5.56 Å². The van der Waals surface area contributed by atoms with Gasteiger partial charge in [0.2, 0.25) is 0 Å². The molecule has 0 fully saturated rings. The molecule has 0 aliphatic heterocycles. The second kappa shape index (κ2) is 8.88. The molecule has 1 aromatic rings. The van der Waals surface area contributed by atoms with Gasteiger partial charge in [-0.2, -0.15) is 0 Å². The summed E-state index contributed by atoms with van der Waals surface area (Å²) in [6, 6.07) is 0.778. The molecule has 9 heteroatoms. The lowest BCUT2D eigenvalue weighted by Crippen LogP contribution is -2.36. The Morgan fingerprint density at radius 3 is 1.63 bits per heavy atom. The Labute approximate surface area is 181 Å². The highest BCUT2D eigenvalue weighted by Crippen LogP contribution is 2.29. The van der Waals surface area contributed by atoms with Crippen LogP contribution in [0.5, 0.6) is 0 Å². The Morgan fingerprint density at radius 1 is 0.867 bits per heavy atom. The van der Waals surface area contributed by atoms with Gasteiger partial charge in [-0.15, -0.1) is 0 Å². The first kappa shape index (κ1) is 25.8. The molecule has 0 unspecified atom stereocenters. The molecule has 0 bridgehead atoms. The molecular weight excluding hydrogens is 417 g/mol. The summed E-state index contributed by atoms with van der Waals surface area (Å²) in [5.41, 5.74) is -3.68. The summed E-state index contributed by atoms with van der Waals surface area (Å²) in [7, 11) is 0. The Balaban J connectivity index is 3.46. The molecule has 0 amide bonds. The summed E-state index contributed by atoms with van der Waals surface area (Å²) in [5, 5.41) is -0.419. The minimum Gasteiger partial charge on any atom is -0.459 e. The van der Waals surface area contributed by atoms with Crippen molar-refractivity contribution in [3.8, 4) is 0 Å². The van der Waals surface area contributed by atoms with Crippen molar-refractivity contribution in [2.24, 2.45) is 0 Å². The Kier molecular flexibility index (Phi) is 7.64. The summed E-state index contributed by atoms with van der Waals surface area (Å²) in [6.45, 7) is 14.5. The van der Waals surface area contributed by atoms with Crippen molar-refractivity contribution < 1.29 is 33.0 Å². The van der Waals surface area contributed by atoms with Gasteiger partial charge in [0.15, 0.2) is 5.92 Å². The van der Waals surface area contributed by atoms with Gasteiger partial charge in [0.25, 0.3) is 0 Å². The zero-order valence-electron chi connectivity index (χ0n) is 18.8. The third-order valence-corrected chi connectivity index (χ3v) is 3.42. The fourth-order valence-electron chi connectivity index (χ4n) is 2.20. The summed E-state index contributed by atoms with van der Waals surface area (Å²) >= 11 is 6.06. The van der Waals surface area contributed by atoms with Gasteiger partial charge in [0.1, 0.15) is 33.5 Å². The highest BCUT2D eigenvalue weighted by molar-refractivity contribution is 6.32. The predicted octanol–water partition coefficient (Wildman–Crippen LogP) is 4.60. The highest BCUT2D eigenvalue weighted by Gasteiger charge is 2.40. The van der Waals surface area contributed by atoms with Crippen molar-refractivity contribution in [3.05, 3.63) is 28.3 Å². The molecule has 0 aliphatic carbocycles. The first-order valence-corrected chi connectivity index (χ1v) is 9.73. The fraction of sp³-hybridized carbons (Fsp3) is 0.619. The first-order chi connectivity index (χ1) is 13.3. The molecule has 1 aromatic heterocycles. The quantitative estimate of drug-likeness (QED) is 0.289. The monoisotopic (exact) mass is 445 g/mol. The number of carbonyl (C=O) groups excluding carboxylic acids is 3. The molecule has 0 spiro atoms. The molecule has 0 radical (unpaired) electrons. The van der Waals surface area contributed by atoms with E-state index in [1.807, 2.05) is 0 Å². The maximum atomic E-state index is 14.9. The molecule has 0 aliphatic rings. The van der Waals surface area contributed by atoms with Gasteiger partial charge in [-0.05, 0) is 68.4 Å². The van der Waals surface area contributed by atoms with Gasteiger partial charge >= 0.3 is 17.9 Å². The van der Waals surface area contributed by atoms with Gasteiger partial charge in [0, 0.05) is 0 Å². The van der Waals surface area contributed by atoms with E-state index in [0.29, 0.717) is 0 Å². The van der Waals surface area contributed by atoms with E-state index >= 15 is 0 Å². The van der Waals surface area contributed by atoms with Gasteiger partial charge in [-0.3, -0.25) is 9.59 Å². The fourth-order valence-corrected chi connectivity index (χ4v) is 2.42. The van der Waals surface area contributed by atoms with E-state index in [1.54, 1.807) is 62.3 Å². The lowest BCUT2D eigenvalue weighted by molar-refractivity contribution is -0.169. The summed E-state index contributed by atoms with van der Waals surface area (Å²) < 4.78 is 30.6. The van der Waals surface area contributed by atoms with Crippen LogP contribution >= 0.6 is 11.6 Å². The molecule has 0 aromatic carbocycles. The smallest absolute Gasteiger partial charge is 0.341 e. The van der Waals surface area contributed by atoms with E-state index in [0.717, 1.165) is 6.07 Å². The van der Waals surface area contributed by atoms with E-state index in [1.165, 1.54) is 0 Å². The van der Waals surface area contributed by atoms with Crippen LogP contribution in [0.25, 0.3) is 0 Å². The highest BCUT2D eigenvalue weighted by atomic mass is 35.5. The SMILES string of the molecule is CC(C)(C)OC(=O)c1cc(F)c(C(C(=O)OC(C)(C)C)C(=O)OC(C)(C)C)nc1Cl. The van der Waals surface area contributed by atoms with Crippen LogP contribution in [0.2, 0.25) is 5.15 Å². The van der Waals surface area contributed by atoms with E-state index in [4.69, 9.17) is 25.8 Å². The van der Waals surface area contributed by atoms with Crippen LogP contribution in [0.1, 0.15) is 84.3 Å². The molecule has 168 valence electrons. The molecule has 0 saturated heterocycles. The minimum atomic E-state index is -1.83. The van der Waals surface area contributed by atoms with Crippen LogP contribution in [0, 0.1) is 5.82 Å². The van der Waals surface area contributed by atoms with Crippen molar-refractivity contribution in [2.75, 3.05) is 0 Å². The second-order valence-corrected chi connectivity index (χ2v) is 10.1. The van der Waals surface area contributed by atoms with Crippen molar-refractivity contribution in [2.45, 2.75) is 85.0 Å². The maximum Gasteiger partial charge on any atom is 0.341 e. The number of rotatable bonds is 4. The molecule has 0 atom stereocenters. The van der Waals surface area contributed by atoms with Crippen LogP contribution in [0.3, 0.4) is 0 Å². The average Bonchev–Trinajstić information content (AvgIpc) is 2.44. The normalized spacial score (nSPS) is 12.5. The number of halogens is 2. The van der Waals surface area contributed by atoms with Crippen LogP contribution in [0.4, 0.5) is 4.39 Å². The number of pyridine rings is 1. The van der Waals surface area contributed by atoms with E-state index < -0.39 is 57.3 Å². The van der Waals surface area contributed by atoms with Crippen LogP contribution in [-0.4, -0.2) is 39.7 Å². The van der Waals surface area contributed by atoms with Gasteiger partial charge < -0.3 is 14.2 Å². The van der Waals surface area contributed by atoms with Crippen LogP contribution in [-0.2, 0) is 23.8 Å². The average molecular weight is 446 g/mol. The molecular formula is C21H29ClFNO6. The third kappa shape index (κ3) is 7.89. The zero-order valence-corrected chi connectivity index (χ0v) is 19.6. The second-order valence-electron chi connectivity index (χ2n) is 9.70. The largest absolute Gasteiger partial charge is 0.459 e. The number of ether oxygens (including phenoxy) is 3. The van der Waals surface area contributed by atoms with Crippen molar-refractivity contribution in [3.63, 3.8) is 0 Å². The number of carbonyl (C=O) groups is 3. The Morgan fingerprint density at radius 2 is 1.27 bits per heavy atom. The molecule has 0 saturated carbocycles. The summed E-state index contributed by atoms with van der Waals surface area (Å²) in [5.74, 6) is -5.92. The van der Waals surface area contributed by atoms with Crippen molar-refractivity contribution in [1.29, 1.82) is 0 Å². The summed E-state index contributed by atoms with van der Waals surface area (Å²) in [4.78, 5) is 41.5. The van der Waals surface area contributed by atoms with Gasteiger partial charge in [-0.25, -0.2) is 14.2 Å². The van der Waals surface area contributed by atoms with Crippen molar-refractivity contribution in [1.82, 2.24) is 4.98 Å². The Bertz CT molecular complexity index is 806. The number of nitrogens with zero attached hydrogens (tertiary/aromatic N) is 1. The minimum absolute atomic E-state index is 0.333. The number of aromatic nitrogens is 1. The standard InChI is InChI=1S/C21H29ClFNO6/c1-19(2,3)28-16(25)11-10-12(23)14(24-15(11)22)13(17(26)29-20(4,5)6)18(27)30-21(7,8)9/h10,13H,1-9H3. The molecule has 30 heavy (non-hydrogen) atoms. The van der Waals surface area contributed by atoms with Crippen molar-refractivity contribution >= 4 is 29.5 Å². The maximum absolute atomic E-state index is 14.9. The lowest BCUT2D eigenvalue weighted by atomic mass is 10.0. The van der Waals surface area contributed by atoms with Crippen LogP contribution < -0.4 is 0 Å². The van der Waals surface area contributed by atoms with E-state index in [9.17, 15) is 18.8 Å². The number of esters is 3. The first-order valence-electron chi connectivity index (χ1n) is 9.36. The predicted molar refractivity (Wildman–Crippen MR) is 109 cm³/mol. The molecule has 0 N–H and O–H groups in total. The molecule has 1 rings (SSSR count).